The lowest BCUT2D eigenvalue weighted by molar-refractivity contribution is -0.274. The Bertz CT molecular complexity index is 874. The quantitative estimate of drug-likeness (QED) is 0.309. The molecule has 176 valence electrons. The first-order valence-corrected chi connectivity index (χ1v) is 11.6. The topological polar surface area (TPSA) is 83.0 Å². The molecule has 2 atom stereocenters. The van der Waals surface area contributed by atoms with Crippen molar-refractivity contribution in [3.05, 3.63) is 29.8 Å². The Morgan fingerprint density at radius 2 is 1.87 bits per heavy atom. The fraction of sp³-hybridized carbons (Fsp3) is 0.632. The summed E-state index contributed by atoms with van der Waals surface area (Å²) in [5.74, 6) is 0.385. The Kier molecular flexibility index (Phi) is 8.85. The predicted molar refractivity (Wildman–Crippen MR) is 123 cm³/mol. The number of para-hydroxylation sites is 1. The summed E-state index contributed by atoms with van der Waals surface area (Å²) < 4.78 is 67.5. The van der Waals surface area contributed by atoms with Crippen LogP contribution in [-0.2, 0) is 10.0 Å². The highest BCUT2D eigenvalue weighted by molar-refractivity contribution is 14.0. The van der Waals surface area contributed by atoms with Crippen molar-refractivity contribution in [2.45, 2.75) is 50.6 Å². The van der Waals surface area contributed by atoms with Gasteiger partial charge in [0.05, 0.1) is 5.75 Å². The molecule has 1 aromatic carbocycles. The van der Waals surface area contributed by atoms with E-state index >= 15 is 0 Å². The first kappa shape index (κ1) is 26.0. The van der Waals surface area contributed by atoms with Crippen LogP contribution in [-0.4, -0.2) is 63.0 Å². The van der Waals surface area contributed by atoms with Gasteiger partial charge >= 0.3 is 6.36 Å². The molecule has 12 heteroatoms. The molecule has 2 unspecified atom stereocenters. The molecule has 2 N–H and O–H groups in total. The zero-order valence-corrected chi connectivity index (χ0v) is 20.5. The molecule has 31 heavy (non-hydrogen) atoms. The summed E-state index contributed by atoms with van der Waals surface area (Å²) in [5.41, 5.74) is 0.515. The van der Waals surface area contributed by atoms with E-state index in [1.54, 1.807) is 26.1 Å². The van der Waals surface area contributed by atoms with Gasteiger partial charge in [0.25, 0.3) is 0 Å². The monoisotopic (exact) mass is 576 g/mol. The van der Waals surface area contributed by atoms with E-state index in [9.17, 15) is 21.6 Å². The number of hydrogen-bond donors (Lipinski definition) is 2. The van der Waals surface area contributed by atoms with Crippen LogP contribution in [0.2, 0.25) is 0 Å². The molecule has 1 aliphatic carbocycles. The highest BCUT2D eigenvalue weighted by Crippen LogP contribution is 2.45. The number of benzene rings is 1. The molecule has 1 saturated carbocycles. The molecule has 2 fully saturated rings. The first-order valence-electron chi connectivity index (χ1n) is 9.95. The maximum Gasteiger partial charge on any atom is 0.573 e. The molecule has 0 radical (unpaired) electrons. The fourth-order valence-electron chi connectivity index (χ4n) is 3.70. The normalized spacial score (nSPS) is 23.1. The number of nitrogens with zero attached hydrogens (tertiary/aromatic N) is 2. The van der Waals surface area contributed by atoms with Crippen molar-refractivity contribution in [2.24, 2.45) is 4.99 Å². The molecule has 0 spiro atoms. The number of guanidine groups is 1. The Morgan fingerprint density at radius 3 is 2.45 bits per heavy atom. The van der Waals surface area contributed by atoms with Gasteiger partial charge in [0.1, 0.15) is 5.75 Å². The van der Waals surface area contributed by atoms with Crippen LogP contribution in [0.4, 0.5) is 13.2 Å². The second-order valence-electron chi connectivity index (χ2n) is 7.47. The SMILES string of the molecule is CCS(=O)(=O)N1CCC(NC(=NC)NC2CC2c2ccccc2OC(F)(F)F)CC1.I. The van der Waals surface area contributed by atoms with Gasteiger partial charge < -0.3 is 15.4 Å². The van der Waals surface area contributed by atoms with Gasteiger partial charge in [-0.15, -0.1) is 37.1 Å². The molecule has 7 nitrogen and oxygen atoms in total. The Labute approximate surface area is 197 Å². The average molecular weight is 576 g/mol. The number of hydrogen-bond acceptors (Lipinski definition) is 4. The van der Waals surface area contributed by atoms with Gasteiger partial charge in [0.2, 0.25) is 10.0 Å². The fourth-order valence-corrected chi connectivity index (χ4v) is 4.84. The van der Waals surface area contributed by atoms with Crippen LogP contribution in [0.25, 0.3) is 0 Å². The molecular weight excluding hydrogens is 548 g/mol. The molecule has 1 heterocycles. The van der Waals surface area contributed by atoms with Crippen LogP contribution in [0.1, 0.15) is 37.7 Å². The highest BCUT2D eigenvalue weighted by Gasteiger charge is 2.42. The number of sulfonamides is 1. The number of halogens is 4. The minimum absolute atomic E-state index is 0. The maximum atomic E-state index is 12.6. The molecule has 3 rings (SSSR count). The van der Waals surface area contributed by atoms with Crippen molar-refractivity contribution in [2.75, 3.05) is 25.9 Å². The van der Waals surface area contributed by atoms with Crippen LogP contribution in [0, 0.1) is 0 Å². The molecule has 1 aromatic rings. The average Bonchev–Trinajstić information content (AvgIpc) is 3.46. The summed E-state index contributed by atoms with van der Waals surface area (Å²) in [7, 11) is -1.55. The van der Waals surface area contributed by atoms with Gasteiger partial charge in [-0.2, -0.15) is 0 Å². The van der Waals surface area contributed by atoms with Crippen molar-refractivity contribution < 1.29 is 26.3 Å². The van der Waals surface area contributed by atoms with E-state index in [2.05, 4.69) is 20.4 Å². The third kappa shape index (κ3) is 7.11. The lowest BCUT2D eigenvalue weighted by atomic mass is 10.1. The molecule has 1 saturated heterocycles. The van der Waals surface area contributed by atoms with E-state index in [0.717, 1.165) is 0 Å². The van der Waals surface area contributed by atoms with E-state index in [4.69, 9.17) is 0 Å². The second kappa shape index (κ2) is 10.6. The third-order valence-electron chi connectivity index (χ3n) is 5.43. The second-order valence-corrected chi connectivity index (χ2v) is 9.73. The summed E-state index contributed by atoms with van der Waals surface area (Å²) in [4.78, 5) is 4.21. The summed E-state index contributed by atoms with van der Waals surface area (Å²) in [5, 5.41) is 6.55. The van der Waals surface area contributed by atoms with Crippen LogP contribution in [0.3, 0.4) is 0 Å². The number of rotatable bonds is 6. The van der Waals surface area contributed by atoms with Crippen molar-refractivity contribution in [1.29, 1.82) is 0 Å². The Morgan fingerprint density at radius 1 is 1.23 bits per heavy atom. The van der Waals surface area contributed by atoms with Crippen molar-refractivity contribution in [1.82, 2.24) is 14.9 Å². The predicted octanol–water partition coefficient (Wildman–Crippen LogP) is 3.04. The molecule has 0 amide bonds. The van der Waals surface area contributed by atoms with Gasteiger partial charge in [0.15, 0.2) is 5.96 Å². The zero-order chi connectivity index (χ0) is 21.9. The summed E-state index contributed by atoms with van der Waals surface area (Å²) in [6.45, 7) is 2.55. The number of piperidine rings is 1. The number of aliphatic imine (C=N–C) groups is 1. The first-order chi connectivity index (χ1) is 14.1. The van der Waals surface area contributed by atoms with Crippen LogP contribution >= 0.6 is 24.0 Å². The van der Waals surface area contributed by atoms with Gasteiger partial charge in [-0.05, 0) is 37.8 Å². The third-order valence-corrected chi connectivity index (χ3v) is 7.31. The smallest absolute Gasteiger partial charge is 0.405 e. The Hall–Kier alpha value is -1.28. The van der Waals surface area contributed by atoms with Gasteiger partial charge in [-0.25, -0.2) is 12.7 Å². The summed E-state index contributed by atoms with van der Waals surface area (Å²) in [6.07, 6.45) is -2.73. The zero-order valence-electron chi connectivity index (χ0n) is 17.4. The minimum Gasteiger partial charge on any atom is -0.405 e. The standard InChI is InChI=1S/C19H27F3N4O3S.HI/c1-3-30(27,28)26-10-8-13(9-11-26)24-18(23-2)25-16-12-15(16)14-6-4-5-7-17(14)29-19(20,21)22;/h4-7,13,15-16H,3,8-12H2,1-2H3,(H2,23,24,25);1H. The van der Waals surface area contributed by atoms with Gasteiger partial charge in [-0.1, -0.05) is 18.2 Å². The number of alkyl halides is 3. The van der Waals surface area contributed by atoms with Crippen LogP contribution < -0.4 is 15.4 Å². The highest BCUT2D eigenvalue weighted by atomic mass is 127. The van der Waals surface area contributed by atoms with Gasteiger partial charge in [0, 0.05) is 38.1 Å². The lowest BCUT2D eigenvalue weighted by Crippen LogP contribution is -2.50. The van der Waals surface area contributed by atoms with Crippen LogP contribution in [0.5, 0.6) is 5.75 Å². The maximum absolute atomic E-state index is 12.6. The van der Waals surface area contributed by atoms with E-state index in [1.165, 1.54) is 16.4 Å². The van der Waals surface area contributed by atoms with Crippen molar-refractivity contribution in [3.8, 4) is 5.75 Å². The molecular formula is C19H28F3IN4O3S. The van der Waals surface area contributed by atoms with Gasteiger partial charge in [-0.3, -0.25) is 4.99 Å². The Balaban J connectivity index is 0.00000341. The minimum atomic E-state index is -4.73. The molecule has 1 aliphatic heterocycles. The summed E-state index contributed by atoms with van der Waals surface area (Å²) in [6, 6.07) is 6.21. The van der Waals surface area contributed by atoms with Crippen LogP contribution in [0.15, 0.2) is 29.3 Å². The number of nitrogens with one attached hydrogen (secondary N) is 2. The number of ether oxygens (including phenoxy) is 1. The lowest BCUT2D eigenvalue weighted by Gasteiger charge is -2.32. The van der Waals surface area contributed by atoms with Crippen molar-refractivity contribution in [3.63, 3.8) is 0 Å². The molecule has 0 aromatic heterocycles. The van der Waals surface area contributed by atoms with E-state index in [0.29, 0.717) is 43.9 Å². The molecule has 0 bridgehead atoms. The van der Waals surface area contributed by atoms with Crippen molar-refractivity contribution >= 4 is 40.0 Å². The largest absolute Gasteiger partial charge is 0.573 e. The van der Waals surface area contributed by atoms with E-state index < -0.39 is 16.4 Å². The molecule has 2 aliphatic rings. The van der Waals surface area contributed by atoms with E-state index in [1.807, 2.05) is 0 Å². The van der Waals surface area contributed by atoms with E-state index in [-0.39, 0.29) is 53.5 Å². The summed E-state index contributed by atoms with van der Waals surface area (Å²) >= 11 is 0.